The lowest BCUT2D eigenvalue weighted by Gasteiger charge is -2.27. The Balaban J connectivity index is 1.88. The second kappa shape index (κ2) is 11.7. The number of benzene rings is 2. The van der Waals surface area contributed by atoms with Crippen molar-refractivity contribution < 1.29 is 9.47 Å². The number of rotatable bonds is 10. The molecule has 1 aliphatic heterocycles. The Hall–Kier alpha value is -2.32. The first-order valence-corrected chi connectivity index (χ1v) is 13.0. The van der Waals surface area contributed by atoms with Crippen molar-refractivity contribution in [3.63, 3.8) is 0 Å². The molecule has 8 nitrogen and oxygen atoms in total. The lowest BCUT2D eigenvalue weighted by molar-refractivity contribution is -0.149. The molecule has 0 saturated carbocycles. The molecular weight excluding hydrogens is 456 g/mol. The van der Waals surface area contributed by atoms with Gasteiger partial charge in [-0.1, -0.05) is 34.5 Å². The molecule has 33 heavy (non-hydrogen) atoms. The Morgan fingerprint density at radius 1 is 0.788 bits per heavy atom. The normalized spacial score (nSPS) is 21.0. The van der Waals surface area contributed by atoms with Crippen LogP contribution in [0, 0.1) is 0 Å². The Kier molecular flexibility index (Phi) is 8.97. The molecule has 0 bridgehead atoms. The van der Waals surface area contributed by atoms with E-state index in [1.165, 1.54) is 0 Å². The fraction of sp³-hybridized carbons (Fsp3) is 0.478. The summed E-state index contributed by atoms with van der Waals surface area (Å²) in [5, 5.41) is 8.13. The first-order chi connectivity index (χ1) is 15.9. The molecule has 0 radical (unpaired) electrons. The van der Waals surface area contributed by atoms with Gasteiger partial charge in [0.25, 0.3) is 0 Å². The van der Waals surface area contributed by atoms with Crippen LogP contribution in [-0.2, 0) is 22.3 Å². The van der Waals surface area contributed by atoms with E-state index in [9.17, 15) is 11.1 Å². The molecule has 1 aliphatic rings. The van der Waals surface area contributed by atoms with Crippen LogP contribution in [0.4, 0.5) is 0 Å². The second-order valence-electron chi connectivity index (χ2n) is 8.21. The molecular formula is C23H28N6O2S2. The van der Waals surface area contributed by atoms with E-state index >= 15 is 0 Å². The van der Waals surface area contributed by atoms with E-state index < -0.39 is 30.1 Å². The van der Waals surface area contributed by atoms with Crippen molar-refractivity contribution in [3.8, 4) is 0 Å². The topological polar surface area (TPSA) is 116 Å². The van der Waals surface area contributed by atoms with Crippen molar-refractivity contribution >= 4 is 23.5 Å². The highest BCUT2D eigenvalue weighted by Gasteiger charge is 2.48. The maximum Gasteiger partial charge on any atom is 0.163 e. The van der Waals surface area contributed by atoms with Gasteiger partial charge in [-0.2, -0.15) is 0 Å². The third kappa shape index (κ3) is 6.84. The number of hydrogen-bond donors (Lipinski definition) is 0. The number of azide groups is 2. The van der Waals surface area contributed by atoms with Gasteiger partial charge in [0.2, 0.25) is 0 Å². The summed E-state index contributed by atoms with van der Waals surface area (Å²) in [5.41, 5.74) is 20.6. The van der Waals surface area contributed by atoms with E-state index in [0.717, 1.165) is 20.9 Å². The largest absolute Gasteiger partial charge is 0.344 e. The van der Waals surface area contributed by atoms with Gasteiger partial charge in [-0.05, 0) is 85.7 Å². The average Bonchev–Trinajstić information content (AvgIpc) is 3.14. The zero-order valence-corrected chi connectivity index (χ0v) is 20.8. The Morgan fingerprint density at radius 2 is 1.15 bits per heavy atom. The van der Waals surface area contributed by atoms with Crippen molar-refractivity contribution in [1.82, 2.24) is 0 Å². The van der Waals surface area contributed by atoms with Crippen molar-refractivity contribution in [2.45, 2.75) is 66.6 Å². The molecule has 3 rings (SSSR count). The van der Waals surface area contributed by atoms with E-state index in [4.69, 9.17) is 9.47 Å². The summed E-state index contributed by atoms with van der Waals surface area (Å²) >= 11 is 3.34. The number of ether oxygens (including phenoxy) is 2. The van der Waals surface area contributed by atoms with Crippen molar-refractivity contribution in [2.24, 2.45) is 10.2 Å². The molecule has 0 aromatic heterocycles. The molecule has 4 atom stereocenters. The smallest absolute Gasteiger partial charge is 0.163 e. The lowest BCUT2D eigenvalue weighted by Crippen LogP contribution is -2.42. The SMILES string of the molecule is CSc1ccc(C[C@@H](N=[N+]=[N-])[C@@H]2OC(C)(C)O[C@H]2[C@@H](Cc2ccc(SC)cc2)N=[N+]=[N-])cc1. The van der Waals surface area contributed by atoms with E-state index in [0.29, 0.717) is 12.8 Å². The maximum absolute atomic E-state index is 9.27. The van der Waals surface area contributed by atoms with Crippen LogP contribution in [0.1, 0.15) is 25.0 Å². The van der Waals surface area contributed by atoms with Gasteiger partial charge < -0.3 is 9.47 Å². The zero-order chi connectivity index (χ0) is 23.8. The minimum Gasteiger partial charge on any atom is -0.344 e. The molecule has 1 heterocycles. The van der Waals surface area contributed by atoms with Crippen LogP contribution in [0.15, 0.2) is 68.6 Å². The van der Waals surface area contributed by atoms with E-state index in [1.807, 2.05) is 74.9 Å². The number of thioether (sulfide) groups is 2. The van der Waals surface area contributed by atoms with Crippen LogP contribution in [0.25, 0.3) is 20.9 Å². The third-order valence-electron chi connectivity index (χ3n) is 5.53. The minimum atomic E-state index is -0.896. The second-order valence-corrected chi connectivity index (χ2v) is 9.97. The summed E-state index contributed by atoms with van der Waals surface area (Å²) in [6.07, 6.45) is 3.92. The van der Waals surface area contributed by atoms with Gasteiger partial charge in [-0.25, -0.2) is 0 Å². The molecule has 0 amide bonds. The van der Waals surface area contributed by atoms with Crippen molar-refractivity contribution in [3.05, 3.63) is 80.5 Å². The predicted molar refractivity (Wildman–Crippen MR) is 134 cm³/mol. The molecule has 0 N–H and O–H groups in total. The first kappa shape index (κ1) is 25.3. The lowest BCUT2D eigenvalue weighted by atomic mass is 9.92. The van der Waals surface area contributed by atoms with Gasteiger partial charge in [0.05, 0.1) is 24.3 Å². The highest BCUT2D eigenvalue weighted by molar-refractivity contribution is 7.98. The number of hydrogen-bond acceptors (Lipinski definition) is 6. The van der Waals surface area contributed by atoms with E-state index in [-0.39, 0.29) is 0 Å². The van der Waals surface area contributed by atoms with Gasteiger partial charge in [0.15, 0.2) is 5.79 Å². The minimum absolute atomic E-state index is 0.491. The molecule has 2 aromatic rings. The summed E-state index contributed by atoms with van der Waals surface area (Å²) in [7, 11) is 0. The maximum atomic E-state index is 9.27. The molecule has 0 unspecified atom stereocenters. The Bertz CT molecular complexity index is 937. The summed E-state index contributed by atoms with van der Waals surface area (Å²) in [4.78, 5) is 8.48. The quantitative estimate of drug-likeness (QED) is 0.160. The summed E-state index contributed by atoms with van der Waals surface area (Å²) in [5.74, 6) is -0.896. The van der Waals surface area contributed by atoms with E-state index in [1.54, 1.807) is 23.5 Å². The highest BCUT2D eigenvalue weighted by Crippen LogP contribution is 2.36. The average molecular weight is 485 g/mol. The van der Waals surface area contributed by atoms with Crippen molar-refractivity contribution in [2.75, 3.05) is 12.5 Å². The fourth-order valence-corrected chi connectivity index (χ4v) is 4.81. The van der Waals surface area contributed by atoms with Gasteiger partial charge in [0, 0.05) is 19.6 Å². The Morgan fingerprint density at radius 3 is 1.45 bits per heavy atom. The van der Waals surface area contributed by atoms with Crippen LogP contribution < -0.4 is 0 Å². The van der Waals surface area contributed by atoms with Crippen LogP contribution in [0.5, 0.6) is 0 Å². The van der Waals surface area contributed by atoms with Gasteiger partial charge in [-0.3, -0.25) is 0 Å². The molecule has 0 spiro atoms. The monoisotopic (exact) mass is 484 g/mol. The molecule has 10 heteroatoms. The fourth-order valence-electron chi connectivity index (χ4n) is 4.00. The third-order valence-corrected chi connectivity index (χ3v) is 7.02. The van der Waals surface area contributed by atoms with Gasteiger partial charge in [-0.15, -0.1) is 23.5 Å². The van der Waals surface area contributed by atoms with Gasteiger partial charge in [0.1, 0.15) is 0 Å². The van der Waals surface area contributed by atoms with E-state index in [2.05, 4.69) is 20.1 Å². The zero-order valence-electron chi connectivity index (χ0n) is 19.2. The highest BCUT2D eigenvalue weighted by atomic mass is 32.2. The molecule has 1 saturated heterocycles. The molecule has 2 aromatic carbocycles. The summed E-state index contributed by atoms with van der Waals surface area (Å²) < 4.78 is 12.4. The first-order valence-electron chi connectivity index (χ1n) is 10.6. The summed E-state index contributed by atoms with van der Waals surface area (Å²) in [6.45, 7) is 3.64. The standard InChI is InChI=1S/C23H28N6O2S2/c1-23(2)30-21(19(26-28-24)13-15-5-9-17(32-3)10-6-15)22(31-23)20(27-29-25)14-16-7-11-18(33-4)12-8-16/h5-12,19-22H,13-14H2,1-4H3/t19-,20-,21+,22+/m1/s1. The molecule has 1 fully saturated rings. The Labute approximate surface area is 202 Å². The van der Waals surface area contributed by atoms with Crippen LogP contribution in [0.2, 0.25) is 0 Å². The van der Waals surface area contributed by atoms with Crippen LogP contribution in [-0.4, -0.2) is 42.6 Å². The summed E-state index contributed by atoms with van der Waals surface area (Å²) in [6, 6.07) is 15.3. The van der Waals surface area contributed by atoms with Crippen LogP contribution in [0.3, 0.4) is 0 Å². The molecule has 174 valence electrons. The predicted octanol–water partition coefficient (Wildman–Crippen LogP) is 6.79. The van der Waals surface area contributed by atoms with Crippen LogP contribution >= 0.6 is 23.5 Å². The molecule has 0 aliphatic carbocycles. The van der Waals surface area contributed by atoms with Crippen molar-refractivity contribution in [1.29, 1.82) is 0 Å². The number of nitrogens with zero attached hydrogens (tertiary/aromatic N) is 6. The van der Waals surface area contributed by atoms with Gasteiger partial charge >= 0.3 is 0 Å².